The van der Waals surface area contributed by atoms with Crippen LogP contribution >= 0.6 is 39.1 Å². The van der Waals surface area contributed by atoms with Gasteiger partial charge in [-0.3, -0.25) is 0 Å². The van der Waals surface area contributed by atoms with E-state index in [0.29, 0.717) is 10.7 Å². The number of aromatic nitrogens is 1. The number of benzene rings is 1. The Kier molecular flexibility index (Phi) is 4.60. The molecule has 7 heteroatoms. The van der Waals surface area contributed by atoms with Crippen molar-refractivity contribution in [2.45, 2.75) is 6.61 Å². The fraction of sp³-hybridized carbons (Fsp3) is 0.0833. The van der Waals surface area contributed by atoms with Crippen LogP contribution in [0, 0.1) is 11.6 Å². The summed E-state index contributed by atoms with van der Waals surface area (Å²) in [7, 11) is 0. The molecule has 0 saturated carbocycles. The molecule has 2 nitrogen and oxygen atoms in total. The van der Waals surface area contributed by atoms with Gasteiger partial charge in [0.15, 0.2) is 11.6 Å². The van der Waals surface area contributed by atoms with Crippen LogP contribution in [-0.2, 0) is 6.61 Å². The molecule has 0 N–H and O–H groups in total. The molecule has 0 aliphatic rings. The lowest BCUT2D eigenvalue weighted by Gasteiger charge is -2.10. The van der Waals surface area contributed by atoms with E-state index >= 15 is 0 Å². The van der Waals surface area contributed by atoms with Crippen molar-refractivity contribution in [2.75, 3.05) is 0 Å². The standard InChI is InChI=1S/C12H6BrCl2F2NO/c13-7-3-6(16)4-9(17)12(7)19-5-10-8(14)1-2-11(15)18-10/h1-4H,5H2. The minimum Gasteiger partial charge on any atom is -0.483 e. The van der Waals surface area contributed by atoms with Crippen LogP contribution in [0.3, 0.4) is 0 Å². The summed E-state index contributed by atoms with van der Waals surface area (Å²) in [6.07, 6.45) is 0. The molecule has 1 aromatic heterocycles. The number of hydrogen-bond acceptors (Lipinski definition) is 2. The second kappa shape index (κ2) is 6.03. The van der Waals surface area contributed by atoms with Crippen molar-refractivity contribution in [2.24, 2.45) is 0 Å². The fourth-order valence-corrected chi connectivity index (χ4v) is 2.21. The molecule has 0 amide bonds. The van der Waals surface area contributed by atoms with E-state index in [-0.39, 0.29) is 22.0 Å². The van der Waals surface area contributed by atoms with E-state index in [0.717, 1.165) is 12.1 Å². The molecule has 0 aliphatic heterocycles. The Morgan fingerprint density at radius 1 is 1.21 bits per heavy atom. The molecule has 0 aliphatic carbocycles. The highest BCUT2D eigenvalue weighted by Crippen LogP contribution is 2.30. The number of rotatable bonds is 3. The summed E-state index contributed by atoms with van der Waals surface area (Å²) >= 11 is 14.6. The van der Waals surface area contributed by atoms with E-state index in [1.165, 1.54) is 6.07 Å². The Labute approximate surface area is 126 Å². The summed E-state index contributed by atoms with van der Waals surface area (Å²) in [5.41, 5.74) is 0.366. The van der Waals surface area contributed by atoms with E-state index < -0.39 is 11.6 Å². The Morgan fingerprint density at radius 3 is 2.63 bits per heavy atom. The predicted molar refractivity (Wildman–Crippen MR) is 72.6 cm³/mol. The van der Waals surface area contributed by atoms with Crippen LogP contribution in [-0.4, -0.2) is 4.98 Å². The van der Waals surface area contributed by atoms with Crippen LogP contribution in [0.25, 0.3) is 0 Å². The number of halogens is 5. The summed E-state index contributed by atoms with van der Waals surface area (Å²) in [4.78, 5) is 3.96. The summed E-state index contributed by atoms with van der Waals surface area (Å²) in [6.45, 7) is -0.0828. The van der Waals surface area contributed by atoms with Gasteiger partial charge in [-0.25, -0.2) is 13.8 Å². The third kappa shape index (κ3) is 3.55. The molecular weight excluding hydrogens is 363 g/mol. The lowest BCUT2D eigenvalue weighted by atomic mass is 10.3. The monoisotopic (exact) mass is 367 g/mol. The first-order valence-electron chi connectivity index (χ1n) is 5.05. The summed E-state index contributed by atoms with van der Waals surface area (Å²) in [6, 6.07) is 4.92. The van der Waals surface area contributed by atoms with Gasteiger partial charge in [-0.15, -0.1) is 0 Å². The van der Waals surface area contributed by atoms with E-state index in [2.05, 4.69) is 20.9 Å². The molecule has 0 spiro atoms. The molecule has 0 radical (unpaired) electrons. The molecule has 2 rings (SSSR count). The highest BCUT2D eigenvalue weighted by molar-refractivity contribution is 9.10. The first-order chi connectivity index (χ1) is 8.97. The van der Waals surface area contributed by atoms with Crippen molar-refractivity contribution in [3.8, 4) is 5.75 Å². The van der Waals surface area contributed by atoms with Crippen molar-refractivity contribution in [3.05, 3.63) is 56.2 Å². The molecule has 19 heavy (non-hydrogen) atoms. The molecule has 0 saturated heterocycles. The lowest BCUT2D eigenvalue weighted by Crippen LogP contribution is -2.02. The second-order valence-corrected chi connectivity index (χ2v) is 5.20. The minimum absolute atomic E-state index is 0.0828. The highest BCUT2D eigenvalue weighted by atomic mass is 79.9. The van der Waals surface area contributed by atoms with Crippen molar-refractivity contribution < 1.29 is 13.5 Å². The van der Waals surface area contributed by atoms with Crippen molar-refractivity contribution in [1.82, 2.24) is 4.98 Å². The van der Waals surface area contributed by atoms with E-state index in [1.807, 2.05) is 0 Å². The Hall–Kier alpha value is -0.910. The Balaban J connectivity index is 2.21. The van der Waals surface area contributed by atoms with Crippen LogP contribution in [0.4, 0.5) is 8.78 Å². The maximum Gasteiger partial charge on any atom is 0.169 e. The number of ether oxygens (including phenoxy) is 1. The molecular formula is C12H6BrCl2F2NO. The van der Waals surface area contributed by atoms with Crippen LogP contribution in [0.1, 0.15) is 5.69 Å². The van der Waals surface area contributed by atoms with E-state index in [9.17, 15) is 8.78 Å². The Bertz CT molecular complexity index is 602. The summed E-state index contributed by atoms with van der Waals surface area (Å²) in [5, 5.41) is 0.602. The van der Waals surface area contributed by atoms with Gasteiger partial charge < -0.3 is 4.74 Å². The smallest absolute Gasteiger partial charge is 0.169 e. The zero-order chi connectivity index (χ0) is 14.0. The number of nitrogens with zero attached hydrogens (tertiary/aromatic N) is 1. The third-order valence-corrected chi connectivity index (χ3v) is 3.34. The van der Waals surface area contributed by atoms with Crippen LogP contribution in [0.2, 0.25) is 10.2 Å². The average Bonchev–Trinajstić information content (AvgIpc) is 2.32. The Morgan fingerprint density at radius 2 is 1.95 bits per heavy atom. The number of pyridine rings is 1. The molecule has 100 valence electrons. The van der Waals surface area contributed by atoms with E-state index in [1.54, 1.807) is 6.07 Å². The van der Waals surface area contributed by atoms with Gasteiger partial charge in [0.25, 0.3) is 0 Å². The summed E-state index contributed by atoms with van der Waals surface area (Å²) in [5.74, 6) is -1.63. The van der Waals surface area contributed by atoms with Crippen molar-refractivity contribution in [3.63, 3.8) is 0 Å². The first-order valence-corrected chi connectivity index (χ1v) is 6.60. The maximum atomic E-state index is 13.5. The van der Waals surface area contributed by atoms with Gasteiger partial charge in [0.1, 0.15) is 17.6 Å². The van der Waals surface area contributed by atoms with Gasteiger partial charge in [0, 0.05) is 6.07 Å². The number of hydrogen-bond donors (Lipinski definition) is 0. The first kappa shape index (κ1) is 14.5. The van der Waals surface area contributed by atoms with Crippen LogP contribution < -0.4 is 4.74 Å². The van der Waals surface area contributed by atoms with E-state index in [4.69, 9.17) is 27.9 Å². The minimum atomic E-state index is -0.815. The van der Waals surface area contributed by atoms with Crippen LogP contribution in [0.5, 0.6) is 5.75 Å². The second-order valence-electron chi connectivity index (χ2n) is 3.55. The largest absolute Gasteiger partial charge is 0.483 e. The molecule has 1 heterocycles. The SMILES string of the molecule is Fc1cc(F)c(OCc2nc(Cl)ccc2Cl)c(Br)c1. The normalized spacial score (nSPS) is 10.6. The maximum absolute atomic E-state index is 13.5. The van der Waals surface area contributed by atoms with Gasteiger partial charge in [-0.2, -0.15) is 0 Å². The zero-order valence-electron chi connectivity index (χ0n) is 9.26. The van der Waals surface area contributed by atoms with Gasteiger partial charge in [-0.05, 0) is 34.1 Å². The molecule has 1 aromatic carbocycles. The lowest BCUT2D eigenvalue weighted by molar-refractivity contribution is 0.283. The molecule has 0 unspecified atom stereocenters. The molecule has 0 bridgehead atoms. The van der Waals surface area contributed by atoms with Crippen molar-refractivity contribution in [1.29, 1.82) is 0 Å². The topological polar surface area (TPSA) is 22.1 Å². The predicted octanol–water partition coefficient (Wildman–Crippen LogP) is 5.01. The summed E-state index contributed by atoms with van der Waals surface area (Å²) < 4.78 is 31.9. The van der Waals surface area contributed by atoms with Gasteiger partial charge in [0.2, 0.25) is 0 Å². The average molecular weight is 369 g/mol. The van der Waals surface area contributed by atoms with Crippen LogP contribution in [0.15, 0.2) is 28.7 Å². The molecule has 2 aromatic rings. The third-order valence-electron chi connectivity index (χ3n) is 2.20. The van der Waals surface area contributed by atoms with Gasteiger partial charge in [-0.1, -0.05) is 23.2 Å². The molecule has 0 atom stereocenters. The molecule has 0 fully saturated rings. The zero-order valence-corrected chi connectivity index (χ0v) is 12.4. The van der Waals surface area contributed by atoms with Gasteiger partial charge in [0.05, 0.1) is 15.2 Å². The van der Waals surface area contributed by atoms with Crippen molar-refractivity contribution >= 4 is 39.1 Å². The quantitative estimate of drug-likeness (QED) is 0.710. The highest BCUT2D eigenvalue weighted by Gasteiger charge is 2.12. The van der Waals surface area contributed by atoms with Gasteiger partial charge >= 0.3 is 0 Å². The fourth-order valence-electron chi connectivity index (χ4n) is 1.37.